The summed E-state index contributed by atoms with van der Waals surface area (Å²) in [7, 11) is 2.98. The molecule has 174 valence electrons. The van der Waals surface area contributed by atoms with Crippen molar-refractivity contribution in [2.45, 2.75) is 0 Å². The fraction of sp³-hybridized carbons (Fsp3) is 0.0833. The molecule has 9 nitrogen and oxygen atoms in total. The molecule has 0 aliphatic rings. The van der Waals surface area contributed by atoms with Crippen LogP contribution in [0, 0.1) is 0 Å². The van der Waals surface area contributed by atoms with E-state index in [2.05, 4.69) is 31.8 Å². The Morgan fingerprint density at radius 3 is 2.18 bits per heavy atom. The van der Waals surface area contributed by atoms with Crippen LogP contribution in [-0.4, -0.2) is 38.2 Å². The van der Waals surface area contributed by atoms with Gasteiger partial charge in [-0.15, -0.1) is 0 Å². The third kappa shape index (κ3) is 6.66. The van der Waals surface area contributed by atoms with E-state index in [1.807, 2.05) is 0 Å². The lowest BCUT2D eigenvalue weighted by Crippen LogP contribution is -2.32. The van der Waals surface area contributed by atoms with E-state index in [0.29, 0.717) is 34.1 Å². The molecule has 3 aromatic carbocycles. The maximum Gasteiger partial charge on any atom is 0.343 e. The molecule has 0 fully saturated rings. The number of nitrogens with one attached hydrogen (secondary N) is 2. The van der Waals surface area contributed by atoms with Gasteiger partial charge < -0.3 is 19.5 Å². The summed E-state index contributed by atoms with van der Waals surface area (Å²) >= 11 is 3.29. The summed E-state index contributed by atoms with van der Waals surface area (Å²) in [6, 6.07) is 17.9. The second-order valence-corrected chi connectivity index (χ2v) is 7.60. The molecule has 0 spiro atoms. The minimum atomic E-state index is -0.917. The number of nitrogens with zero attached hydrogens (tertiary/aromatic N) is 1. The molecule has 0 bridgehead atoms. The molecule has 0 aliphatic carbocycles. The zero-order valence-corrected chi connectivity index (χ0v) is 19.8. The summed E-state index contributed by atoms with van der Waals surface area (Å²) in [6.45, 7) is 0. The Morgan fingerprint density at radius 1 is 0.853 bits per heavy atom. The molecule has 34 heavy (non-hydrogen) atoms. The molecule has 0 aliphatic heterocycles. The Balaban J connectivity index is 1.53. The fourth-order valence-electron chi connectivity index (χ4n) is 2.69. The standard InChI is InChI=1S/C24H20BrN3O6/c1-32-20-12-5-16(13-21(20)33-2)24(31)34-19-10-3-15(4-11-19)14-26-28-23(30)22(29)27-18-8-6-17(25)7-9-18/h3-14H,1-2H3,(H,27,29)(H,28,30)/b26-14+. The molecule has 10 heteroatoms. The van der Waals surface area contributed by atoms with E-state index < -0.39 is 17.8 Å². The summed E-state index contributed by atoms with van der Waals surface area (Å²) in [5.41, 5.74) is 3.54. The Labute approximate surface area is 203 Å². The van der Waals surface area contributed by atoms with Crippen molar-refractivity contribution in [2.75, 3.05) is 19.5 Å². The molecule has 0 atom stereocenters. The van der Waals surface area contributed by atoms with E-state index in [-0.39, 0.29) is 0 Å². The van der Waals surface area contributed by atoms with Gasteiger partial charge in [-0.25, -0.2) is 10.2 Å². The summed E-state index contributed by atoms with van der Waals surface area (Å²) in [4.78, 5) is 36.2. The topological polar surface area (TPSA) is 115 Å². The van der Waals surface area contributed by atoms with Gasteiger partial charge in [-0.2, -0.15) is 5.10 Å². The minimum Gasteiger partial charge on any atom is -0.493 e. The Bertz CT molecular complexity index is 1210. The van der Waals surface area contributed by atoms with Crippen molar-refractivity contribution in [2.24, 2.45) is 5.10 Å². The fourth-order valence-corrected chi connectivity index (χ4v) is 2.95. The van der Waals surface area contributed by atoms with E-state index in [4.69, 9.17) is 14.2 Å². The average Bonchev–Trinajstić information content (AvgIpc) is 2.85. The second-order valence-electron chi connectivity index (χ2n) is 6.69. The van der Waals surface area contributed by atoms with Crippen molar-refractivity contribution >= 4 is 45.6 Å². The normalized spacial score (nSPS) is 10.4. The number of anilines is 1. The number of esters is 1. The summed E-state index contributed by atoms with van der Waals surface area (Å²) < 4.78 is 16.6. The summed E-state index contributed by atoms with van der Waals surface area (Å²) in [5.74, 6) is -1.10. The predicted octanol–water partition coefficient (Wildman–Crippen LogP) is 3.77. The number of carbonyl (C=O) groups is 3. The highest BCUT2D eigenvalue weighted by Crippen LogP contribution is 2.28. The van der Waals surface area contributed by atoms with E-state index >= 15 is 0 Å². The highest BCUT2D eigenvalue weighted by atomic mass is 79.9. The number of ether oxygens (including phenoxy) is 3. The van der Waals surface area contributed by atoms with E-state index in [1.165, 1.54) is 26.5 Å². The van der Waals surface area contributed by atoms with E-state index in [1.54, 1.807) is 60.7 Å². The molecular formula is C24H20BrN3O6. The first-order valence-corrected chi connectivity index (χ1v) is 10.6. The molecule has 0 saturated carbocycles. The van der Waals surface area contributed by atoms with Crippen LogP contribution in [0.4, 0.5) is 5.69 Å². The molecule has 0 unspecified atom stereocenters. The number of amides is 2. The van der Waals surface area contributed by atoms with Gasteiger partial charge in [-0.1, -0.05) is 15.9 Å². The lowest BCUT2D eigenvalue weighted by Gasteiger charge is -2.09. The maximum atomic E-state index is 12.4. The van der Waals surface area contributed by atoms with Gasteiger partial charge in [-0.3, -0.25) is 9.59 Å². The Kier molecular flexibility index (Phi) is 8.36. The first-order chi connectivity index (χ1) is 16.4. The highest BCUT2D eigenvalue weighted by molar-refractivity contribution is 9.10. The van der Waals surface area contributed by atoms with Crippen molar-refractivity contribution in [1.29, 1.82) is 0 Å². The van der Waals surface area contributed by atoms with Gasteiger partial charge in [0.1, 0.15) is 5.75 Å². The number of hydrogen-bond donors (Lipinski definition) is 2. The number of hydrazone groups is 1. The van der Waals surface area contributed by atoms with Crippen molar-refractivity contribution in [3.8, 4) is 17.2 Å². The van der Waals surface area contributed by atoms with Gasteiger partial charge in [0.15, 0.2) is 11.5 Å². The van der Waals surface area contributed by atoms with Crippen LogP contribution in [0.5, 0.6) is 17.2 Å². The van der Waals surface area contributed by atoms with Crippen LogP contribution >= 0.6 is 15.9 Å². The van der Waals surface area contributed by atoms with Crippen LogP contribution in [0.3, 0.4) is 0 Å². The molecule has 0 saturated heterocycles. The van der Waals surface area contributed by atoms with Gasteiger partial charge in [0.05, 0.1) is 26.0 Å². The molecule has 2 N–H and O–H groups in total. The largest absolute Gasteiger partial charge is 0.493 e. The van der Waals surface area contributed by atoms with Crippen molar-refractivity contribution < 1.29 is 28.6 Å². The molecule has 0 heterocycles. The van der Waals surface area contributed by atoms with Crippen LogP contribution in [0.2, 0.25) is 0 Å². The van der Waals surface area contributed by atoms with Crippen molar-refractivity contribution in [1.82, 2.24) is 5.43 Å². The monoisotopic (exact) mass is 525 g/mol. The maximum absolute atomic E-state index is 12.4. The van der Waals surface area contributed by atoms with Gasteiger partial charge in [0.2, 0.25) is 0 Å². The number of halogens is 1. The van der Waals surface area contributed by atoms with Gasteiger partial charge in [-0.05, 0) is 72.3 Å². The SMILES string of the molecule is COc1ccc(C(=O)Oc2ccc(/C=N/NC(=O)C(=O)Nc3ccc(Br)cc3)cc2)cc1OC. The molecule has 3 aromatic rings. The van der Waals surface area contributed by atoms with Crippen LogP contribution in [0.15, 0.2) is 76.3 Å². The number of rotatable bonds is 7. The predicted molar refractivity (Wildman–Crippen MR) is 129 cm³/mol. The van der Waals surface area contributed by atoms with Crippen LogP contribution in [-0.2, 0) is 9.59 Å². The van der Waals surface area contributed by atoms with Crippen LogP contribution < -0.4 is 25.0 Å². The molecule has 0 aromatic heterocycles. The Hall–Kier alpha value is -4.18. The van der Waals surface area contributed by atoms with E-state index in [0.717, 1.165) is 4.47 Å². The van der Waals surface area contributed by atoms with Crippen LogP contribution in [0.1, 0.15) is 15.9 Å². The quantitative estimate of drug-likeness (QED) is 0.159. The molecular weight excluding hydrogens is 506 g/mol. The van der Waals surface area contributed by atoms with Crippen LogP contribution in [0.25, 0.3) is 0 Å². The summed E-state index contributed by atoms with van der Waals surface area (Å²) in [5, 5.41) is 6.23. The number of benzene rings is 3. The Morgan fingerprint density at radius 2 is 1.53 bits per heavy atom. The van der Waals surface area contributed by atoms with E-state index in [9.17, 15) is 14.4 Å². The zero-order chi connectivity index (χ0) is 24.5. The molecule has 3 rings (SSSR count). The molecule has 2 amide bonds. The summed E-state index contributed by atoms with van der Waals surface area (Å²) in [6.07, 6.45) is 1.35. The second kappa shape index (κ2) is 11.6. The van der Waals surface area contributed by atoms with Crippen molar-refractivity contribution in [3.05, 3.63) is 82.3 Å². The van der Waals surface area contributed by atoms with Gasteiger partial charge >= 0.3 is 17.8 Å². The average molecular weight is 526 g/mol. The van der Waals surface area contributed by atoms with Crippen molar-refractivity contribution in [3.63, 3.8) is 0 Å². The molecule has 0 radical (unpaired) electrons. The lowest BCUT2D eigenvalue weighted by atomic mass is 10.2. The third-order valence-electron chi connectivity index (χ3n) is 4.40. The lowest BCUT2D eigenvalue weighted by molar-refractivity contribution is -0.136. The number of methoxy groups -OCH3 is 2. The first kappa shape index (κ1) is 24.5. The highest BCUT2D eigenvalue weighted by Gasteiger charge is 2.14. The van der Waals surface area contributed by atoms with Gasteiger partial charge in [0, 0.05) is 10.2 Å². The zero-order valence-electron chi connectivity index (χ0n) is 18.2. The first-order valence-electron chi connectivity index (χ1n) is 9.84. The third-order valence-corrected chi connectivity index (χ3v) is 4.93. The van der Waals surface area contributed by atoms with Gasteiger partial charge in [0.25, 0.3) is 0 Å². The number of hydrogen-bond acceptors (Lipinski definition) is 7. The number of carbonyl (C=O) groups excluding carboxylic acids is 3. The minimum absolute atomic E-state index is 0.299. The smallest absolute Gasteiger partial charge is 0.343 e.